The maximum atomic E-state index is 8.46. The highest BCUT2D eigenvalue weighted by molar-refractivity contribution is 7.09. The molecular formula is C8H15N5OS. The van der Waals surface area contributed by atoms with Crippen molar-refractivity contribution in [1.29, 1.82) is 0 Å². The Morgan fingerprint density at radius 2 is 2.40 bits per heavy atom. The van der Waals surface area contributed by atoms with Gasteiger partial charge in [0.15, 0.2) is 0 Å². The first-order chi connectivity index (χ1) is 7.04. The molecular weight excluding hydrogens is 214 g/mol. The van der Waals surface area contributed by atoms with Crippen LogP contribution in [0.15, 0.2) is 5.16 Å². The van der Waals surface area contributed by atoms with Crippen LogP contribution in [0.4, 0.5) is 5.13 Å². The highest BCUT2D eigenvalue weighted by atomic mass is 32.1. The van der Waals surface area contributed by atoms with Crippen molar-refractivity contribution >= 4 is 22.5 Å². The van der Waals surface area contributed by atoms with E-state index in [1.807, 2.05) is 25.8 Å². The van der Waals surface area contributed by atoms with E-state index in [1.165, 1.54) is 11.5 Å². The van der Waals surface area contributed by atoms with Gasteiger partial charge in [0.2, 0.25) is 5.13 Å². The van der Waals surface area contributed by atoms with Gasteiger partial charge in [-0.05, 0) is 13.8 Å². The minimum atomic E-state index is 0.119. The van der Waals surface area contributed by atoms with E-state index in [0.717, 1.165) is 11.0 Å². The second-order valence-corrected chi connectivity index (χ2v) is 4.11. The molecule has 15 heavy (non-hydrogen) atoms. The number of aromatic nitrogens is 2. The van der Waals surface area contributed by atoms with Crippen LogP contribution in [0.3, 0.4) is 0 Å². The summed E-state index contributed by atoms with van der Waals surface area (Å²) in [7, 11) is 1.91. The van der Waals surface area contributed by atoms with E-state index in [2.05, 4.69) is 14.5 Å². The molecule has 0 radical (unpaired) electrons. The zero-order valence-electron chi connectivity index (χ0n) is 9.01. The lowest BCUT2D eigenvalue weighted by molar-refractivity contribution is 0.316. The second kappa shape index (κ2) is 4.92. The Morgan fingerprint density at radius 1 is 1.73 bits per heavy atom. The molecule has 1 unspecified atom stereocenters. The van der Waals surface area contributed by atoms with Gasteiger partial charge in [-0.3, -0.25) is 0 Å². The summed E-state index contributed by atoms with van der Waals surface area (Å²) in [4.78, 5) is 6.22. The van der Waals surface area contributed by atoms with Crippen LogP contribution in [0.25, 0.3) is 0 Å². The molecule has 1 aromatic rings. The second-order valence-electron chi connectivity index (χ2n) is 3.38. The van der Waals surface area contributed by atoms with Gasteiger partial charge in [-0.2, -0.15) is 4.37 Å². The van der Waals surface area contributed by atoms with E-state index in [1.54, 1.807) is 0 Å². The third kappa shape index (κ3) is 3.05. The third-order valence-electron chi connectivity index (χ3n) is 2.11. The number of oxime groups is 1. The number of hydrogen-bond donors (Lipinski definition) is 2. The van der Waals surface area contributed by atoms with Crippen molar-refractivity contribution in [2.45, 2.75) is 26.3 Å². The first kappa shape index (κ1) is 11.7. The Morgan fingerprint density at radius 3 is 2.87 bits per heavy atom. The van der Waals surface area contributed by atoms with Crippen molar-refractivity contribution in [3.63, 3.8) is 0 Å². The van der Waals surface area contributed by atoms with Crippen LogP contribution < -0.4 is 10.6 Å². The van der Waals surface area contributed by atoms with Gasteiger partial charge in [0.25, 0.3) is 0 Å². The van der Waals surface area contributed by atoms with Crippen molar-refractivity contribution in [3.8, 4) is 0 Å². The number of aryl methyl sites for hydroxylation is 1. The summed E-state index contributed by atoms with van der Waals surface area (Å²) in [6.07, 6.45) is 0.492. The molecule has 6 nitrogen and oxygen atoms in total. The fourth-order valence-electron chi connectivity index (χ4n) is 1.10. The molecule has 84 valence electrons. The highest BCUT2D eigenvalue weighted by Gasteiger charge is 2.15. The maximum Gasteiger partial charge on any atom is 0.205 e. The normalized spacial score (nSPS) is 13.9. The Kier molecular flexibility index (Phi) is 3.84. The van der Waals surface area contributed by atoms with Gasteiger partial charge in [0.05, 0.1) is 0 Å². The number of rotatable bonds is 4. The Hall–Kier alpha value is -1.37. The standard InChI is InChI=1S/C8H15N5OS/c1-5(4-7(9)11-14)13(3)8-10-6(2)12-15-8/h5,14H,4H2,1-3H3,(H2,9,11). The highest BCUT2D eigenvalue weighted by Crippen LogP contribution is 2.18. The molecule has 1 rings (SSSR count). The molecule has 1 aromatic heterocycles. The van der Waals surface area contributed by atoms with E-state index < -0.39 is 0 Å². The molecule has 0 saturated carbocycles. The van der Waals surface area contributed by atoms with Crippen LogP contribution in [0, 0.1) is 6.92 Å². The van der Waals surface area contributed by atoms with Crippen LogP contribution in [-0.2, 0) is 0 Å². The van der Waals surface area contributed by atoms with Gasteiger partial charge in [0.1, 0.15) is 11.7 Å². The molecule has 0 fully saturated rings. The average molecular weight is 229 g/mol. The fourth-order valence-corrected chi connectivity index (χ4v) is 1.83. The Bertz CT molecular complexity index is 351. The molecule has 0 aromatic carbocycles. The van der Waals surface area contributed by atoms with Gasteiger partial charge in [-0.15, -0.1) is 0 Å². The van der Waals surface area contributed by atoms with Crippen molar-refractivity contribution in [2.75, 3.05) is 11.9 Å². The van der Waals surface area contributed by atoms with Crippen molar-refractivity contribution in [3.05, 3.63) is 5.82 Å². The maximum absolute atomic E-state index is 8.46. The monoisotopic (exact) mass is 229 g/mol. The topological polar surface area (TPSA) is 87.6 Å². The molecule has 0 aliphatic carbocycles. The Labute approximate surface area is 92.6 Å². The molecule has 0 spiro atoms. The lowest BCUT2D eigenvalue weighted by atomic mass is 10.2. The quantitative estimate of drug-likeness (QED) is 0.345. The van der Waals surface area contributed by atoms with Gasteiger partial charge >= 0.3 is 0 Å². The number of hydrogen-bond acceptors (Lipinski definition) is 6. The summed E-state index contributed by atoms with van der Waals surface area (Å²) in [5.41, 5.74) is 5.44. The van der Waals surface area contributed by atoms with Crippen LogP contribution in [-0.4, -0.2) is 33.5 Å². The number of nitrogens with two attached hydrogens (primary N) is 1. The lowest BCUT2D eigenvalue weighted by Gasteiger charge is -2.22. The van der Waals surface area contributed by atoms with E-state index >= 15 is 0 Å². The smallest absolute Gasteiger partial charge is 0.205 e. The summed E-state index contributed by atoms with van der Waals surface area (Å²) < 4.78 is 4.10. The summed E-state index contributed by atoms with van der Waals surface area (Å²) in [6, 6.07) is 0.119. The molecule has 1 heterocycles. The molecule has 0 aliphatic rings. The summed E-state index contributed by atoms with van der Waals surface area (Å²) in [5.74, 6) is 0.980. The van der Waals surface area contributed by atoms with E-state index in [9.17, 15) is 0 Å². The predicted octanol–water partition coefficient (Wildman–Crippen LogP) is 0.808. The zero-order valence-corrected chi connectivity index (χ0v) is 9.82. The van der Waals surface area contributed by atoms with Crippen molar-refractivity contribution < 1.29 is 5.21 Å². The Balaban J connectivity index is 2.64. The molecule has 0 amide bonds. The summed E-state index contributed by atoms with van der Waals surface area (Å²) in [6.45, 7) is 3.83. The number of anilines is 1. The summed E-state index contributed by atoms with van der Waals surface area (Å²) >= 11 is 1.34. The third-order valence-corrected chi connectivity index (χ3v) is 3.01. The van der Waals surface area contributed by atoms with Gasteiger partial charge in [0, 0.05) is 31.0 Å². The van der Waals surface area contributed by atoms with Gasteiger partial charge < -0.3 is 15.8 Å². The number of nitrogens with zero attached hydrogens (tertiary/aromatic N) is 4. The first-order valence-corrected chi connectivity index (χ1v) is 5.31. The largest absolute Gasteiger partial charge is 0.409 e. The zero-order chi connectivity index (χ0) is 11.4. The van der Waals surface area contributed by atoms with Gasteiger partial charge in [-0.1, -0.05) is 5.16 Å². The number of amidine groups is 1. The van der Waals surface area contributed by atoms with E-state index in [0.29, 0.717) is 6.42 Å². The molecule has 0 saturated heterocycles. The van der Waals surface area contributed by atoms with Gasteiger partial charge in [-0.25, -0.2) is 4.98 Å². The molecule has 7 heteroatoms. The minimum Gasteiger partial charge on any atom is -0.409 e. The van der Waals surface area contributed by atoms with Crippen LogP contribution in [0.5, 0.6) is 0 Å². The van der Waals surface area contributed by atoms with Crippen molar-refractivity contribution in [2.24, 2.45) is 10.9 Å². The summed E-state index contributed by atoms with van der Waals surface area (Å²) in [5, 5.41) is 12.2. The average Bonchev–Trinajstić information content (AvgIpc) is 2.63. The van der Waals surface area contributed by atoms with Crippen LogP contribution in [0.1, 0.15) is 19.2 Å². The predicted molar refractivity (Wildman–Crippen MR) is 60.5 cm³/mol. The van der Waals surface area contributed by atoms with Crippen molar-refractivity contribution in [1.82, 2.24) is 9.36 Å². The van der Waals surface area contributed by atoms with E-state index in [4.69, 9.17) is 10.9 Å². The molecule has 0 bridgehead atoms. The minimum absolute atomic E-state index is 0.119. The van der Waals surface area contributed by atoms with Crippen LogP contribution in [0.2, 0.25) is 0 Å². The fraction of sp³-hybridized carbons (Fsp3) is 0.625. The molecule has 0 aliphatic heterocycles. The molecule has 3 N–H and O–H groups in total. The van der Waals surface area contributed by atoms with E-state index in [-0.39, 0.29) is 11.9 Å². The molecule has 1 atom stereocenters. The lowest BCUT2D eigenvalue weighted by Crippen LogP contribution is -2.33. The first-order valence-electron chi connectivity index (χ1n) is 4.54. The SMILES string of the molecule is Cc1nsc(N(C)C(C)CC(N)=NO)n1. The van der Waals surface area contributed by atoms with Crippen LogP contribution >= 0.6 is 11.5 Å².